The van der Waals surface area contributed by atoms with E-state index in [2.05, 4.69) is 20.7 Å². The molecule has 0 saturated heterocycles. The van der Waals surface area contributed by atoms with Gasteiger partial charge in [0, 0.05) is 6.07 Å². The molecule has 0 saturated carbocycles. The average molecular weight is 251 g/mol. The number of rotatable bonds is 2. The van der Waals surface area contributed by atoms with Crippen LogP contribution in [0.4, 0.5) is 4.39 Å². The van der Waals surface area contributed by atoms with Crippen molar-refractivity contribution in [2.75, 3.05) is 14.2 Å². The first-order valence-corrected chi connectivity index (χ1v) is 4.20. The van der Waals surface area contributed by atoms with Crippen LogP contribution in [0.25, 0.3) is 0 Å². The maximum atomic E-state index is 13.3. The zero-order chi connectivity index (χ0) is 10.0. The predicted octanol–water partition coefficient (Wildman–Crippen LogP) is 2.31. The van der Waals surface area contributed by atoms with Crippen molar-refractivity contribution in [3.8, 4) is 17.2 Å². The highest BCUT2D eigenvalue weighted by atomic mass is 79.9. The van der Waals surface area contributed by atoms with Gasteiger partial charge in [-0.05, 0) is 15.9 Å². The first kappa shape index (κ1) is 10.1. The summed E-state index contributed by atoms with van der Waals surface area (Å²) >= 11 is 3.04. The second kappa shape index (κ2) is 3.83. The molecule has 0 unspecified atom stereocenters. The van der Waals surface area contributed by atoms with Crippen LogP contribution in [0.3, 0.4) is 0 Å². The van der Waals surface area contributed by atoms with E-state index in [1.807, 2.05) is 0 Å². The van der Waals surface area contributed by atoms with Crippen molar-refractivity contribution < 1.29 is 19.0 Å². The molecule has 0 heterocycles. The molecule has 0 aliphatic heterocycles. The minimum atomic E-state index is -0.717. The molecule has 5 heteroatoms. The van der Waals surface area contributed by atoms with E-state index < -0.39 is 5.82 Å². The molecule has 1 aromatic rings. The summed E-state index contributed by atoms with van der Waals surface area (Å²) in [6, 6.07) is 1.33. The number of benzene rings is 1. The van der Waals surface area contributed by atoms with E-state index in [-0.39, 0.29) is 17.2 Å². The fraction of sp³-hybridized carbons (Fsp3) is 0.250. The van der Waals surface area contributed by atoms with Crippen molar-refractivity contribution in [1.82, 2.24) is 0 Å². The molecular weight excluding hydrogens is 243 g/mol. The topological polar surface area (TPSA) is 38.7 Å². The van der Waals surface area contributed by atoms with Crippen LogP contribution in [-0.4, -0.2) is 19.3 Å². The molecule has 0 bridgehead atoms. The van der Waals surface area contributed by atoms with Crippen molar-refractivity contribution in [2.24, 2.45) is 0 Å². The molecule has 0 aliphatic carbocycles. The summed E-state index contributed by atoms with van der Waals surface area (Å²) in [5.74, 6) is -1.21. The van der Waals surface area contributed by atoms with E-state index >= 15 is 0 Å². The lowest BCUT2D eigenvalue weighted by Crippen LogP contribution is -1.94. The summed E-state index contributed by atoms with van der Waals surface area (Å²) in [4.78, 5) is 0. The molecule has 0 spiro atoms. The lowest BCUT2D eigenvalue weighted by atomic mass is 10.3. The molecule has 0 atom stereocenters. The van der Waals surface area contributed by atoms with E-state index in [9.17, 15) is 9.50 Å². The van der Waals surface area contributed by atoms with Gasteiger partial charge in [0.05, 0.1) is 18.7 Å². The van der Waals surface area contributed by atoms with Crippen LogP contribution in [0.2, 0.25) is 0 Å². The standard InChI is InChI=1S/C8H8BrFO3/c1-12-5-3-4(9)7(11)8(13-2)6(5)10/h3,11H,1-2H3. The molecule has 1 N–H and O–H groups in total. The maximum Gasteiger partial charge on any atom is 0.210 e. The Balaban J connectivity index is 3.39. The molecule has 0 amide bonds. The number of hydrogen-bond acceptors (Lipinski definition) is 3. The normalized spacial score (nSPS) is 9.85. The predicted molar refractivity (Wildman–Crippen MR) is 48.9 cm³/mol. The Morgan fingerprint density at radius 3 is 2.46 bits per heavy atom. The van der Waals surface area contributed by atoms with Crippen molar-refractivity contribution >= 4 is 15.9 Å². The highest BCUT2D eigenvalue weighted by Crippen LogP contribution is 2.41. The number of hydrogen-bond donors (Lipinski definition) is 1. The first-order valence-electron chi connectivity index (χ1n) is 3.40. The fourth-order valence-electron chi connectivity index (χ4n) is 0.906. The van der Waals surface area contributed by atoms with E-state index in [4.69, 9.17) is 4.74 Å². The van der Waals surface area contributed by atoms with Crippen molar-refractivity contribution in [3.05, 3.63) is 16.4 Å². The first-order chi connectivity index (χ1) is 6.11. The fourth-order valence-corrected chi connectivity index (χ4v) is 1.29. The number of phenols is 1. The number of phenolic OH excluding ortho intramolecular Hbond substituents is 1. The molecule has 0 aromatic heterocycles. The summed E-state index contributed by atoms with van der Waals surface area (Å²) < 4.78 is 23.0. The quantitative estimate of drug-likeness (QED) is 0.876. The minimum absolute atomic E-state index is 0.0153. The Morgan fingerprint density at radius 1 is 1.38 bits per heavy atom. The van der Waals surface area contributed by atoms with Crippen LogP contribution in [0, 0.1) is 5.82 Å². The number of aromatic hydroxyl groups is 1. The second-order valence-corrected chi connectivity index (χ2v) is 3.11. The molecular formula is C8H8BrFO3. The van der Waals surface area contributed by atoms with Gasteiger partial charge in [0.2, 0.25) is 11.6 Å². The van der Waals surface area contributed by atoms with Gasteiger partial charge < -0.3 is 14.6 Å². The van der Waals surface area contributed by atoms with Gasteiger partial charge in [-0.25, -0.2) is 0 Å². The molecule has 0 aliphatic rings. The number of methoxy groups -OCH3 is 2. The van der Waals surface area contributed by atoms with Crippen LogP contribution >= 0.6 is 15.9 Å². The largest absolute Gasteiger partial charge is 0.503 e. The van der Waals surface area contributed by atoms with Crippen molar-refractivity contribution in [2.45, 2.75) is 0 Å². The zero-order valence-electron chi connectivity index (χ0n) is 7.10. The highest BCUT2D eigenvalue weighted by Gasteiger charge is 2.17. The number of halogens is 2. The summed E-state index contributed by atoms with van der Waals surface area (Å²) in [6.07, 6.45) is 0. The lowest BCUT2D eigenvalue weighted by molar-refractivity contribution is 0.328. The van der Waals surface area contributed by atoms with Crippen LogP contribution in [0.5, 0.6) is 17.2 Å². The Labute approximate surface area is 83.2 Å². The minimum Gasteiger partial charge on any atom is -0.503 e. The zero-order valence-corrected chi connectivity index (χ0v) is 8.68. The molecule has 0 radical (unpaired) electrons. The summed E-state index contributed by atoms with van der Waals surface area (Å²) in [7, 11) is 2.60. The van der Waals surface area contributed by atoms with Crippen LogP contribution in [0.1, 0.15) is 0 Å². The van der Waals surface area contributed by atoms with Crippen LogP contribution in [-0.2, 0) is 0 Å². The van der Waals surface area contributed by atoms with E-state index in [0.717, 1.165) is 0 Å². The Hall–Kier alpha value is -0.970. The SMILES string of the molecule is COc1cc(Br)c(O)c(OC)c1F. The molecule has 13 heavy (non-hydrogen) atoms. The van der Waals surface area contributed by atoms with Crippen molar-refractivity contribution in [3.63, 3.8) is 0 Å². The third kappa shape index (κ3) is 1.70. The Bertz CT molecular complexity index is 328. The molecule has 72 valence electrons. The van der Waals surface area contributed by atoms with Gasteiger partial charge in [-0.15, -0.1) is 0 Å². The number of ether oxygens (including phenoxy) is 2. The van der Waals surface area contributed by atoms with Gasteiger partial charge in [-0.3, -0.25) is 0 Å². The van der Waals surface area contributed by atoms with Gasteiger partial charge in [0.1, 0.15) is 0 Å². The van der Waals surface area contributed by atoms with Crippen molar-refractivity contribution in [1.29, 1.82) is 0 Å². The molecule has 3 nitrogen and oxygen atoms in total. The molecule has 0 fully saturated rings. The summed E-state index contributed by atoms with van der Waals surface area (Å²) in [6.45, 7) is 0. The summed E-state index contributed by atoms with van der Waals surface area (Å²) in [5.41, 5.74) is 0. The Morgan fingerprint density at radius 2 is 2.00 bits per heavy atom. The third-order valence-electron chi connectivity index (χ3n) is 1.54. The van der Waals surface area contributed by atoms with Gasteiger partial charge in [-0.1, -0.05) is 0 Å². The lowest BCUT2D eigenvalue weighted by Gasteiger charge is -2.09. The van der Waals surface area contributed by atoms with Gasteiger partial charge in [0.25, 0.3) is 0 Å². The second-order valence-electron chi connectivity index (χ2n) is 2.26. The average Bonchev–Trinajstić information content (AvgIpc) is 2.12. The van der Waals surface area contributed by atoms with E-state index in [0.29, 0.717) is 4.47 Å². The van der Waals surface area contributed by atoms with Gasteiger partial charge in [-0.2, -0.15) is 4.39 Å². The van der Waals surface area contributed by atoms with Crippen LogP contribution < -0.4 is 9.47 Å². The highest BCUT2D eigenvalue weighted by molar-refractivity contribution is 9.10. The summed E-state index contributed by atoms with van der Waals surface area (Å²) in [5, 5.41) is 9.33. The van der Waals surface area contributed by atoms with E-state index in [1.165, 1.54) is 20.3 Å². The molecule has 1 aromatic carbocycles. The van der Waals surface area contributed by atoms with E-state index in [1.54, 1.807) is 0 Å². The third-order valence-corrected chi connectivity index (χ3v) is 2.14. The van der Waals surface area contributed by atoms with Crippen LogP contribution in [0.15, 0.2) is 10.5 Å². The molecule has 1 rings (SSSR count). The Kier molecular flexibility index (Phi) is 2.98. The van der Waals surface area contributed by atoms with Gasteiger partial charge in [0.15, 0.2) is 11.5 Å². The monoisotopic (exact) mass is 250 g/mol. The maximum absolute atomic E-state index is 13.3. The van der Waals surface area contributed by atoms with Gasteiger partial charge >= 0.3 is 0 Å². The smallest absolute Gasteiger partial charge is 0.210 e.